The molecular formula is C22H35F2N3O3S. The third-order valence-electron chi connectivity index (χ3n) is 6.15. The van der Waals surface area contributed by atoms with Gasteiger partial charge in [0.2, 0.25) is 10.0 Å². The molecule has 9 heteroatoms. The Bertz CT molecular complexity index is 825. The van der Waals surface area contributed by atoms with Gasteiger partial charge in [-0.2, -0.15) is 0 Å². The van der Waals surface area contributed by atoms with Crippen LogP contribution in [0.2, 0.25) is 0 Å². The summed E-state index contributed by atoms with van der Waals surface area (Å²) in [6, 6.07) is 2.67. The Morgan fingerprint density at radius 1 is 1.06 bits per heavy atom. The number of nitrogens with one attached hydrogen (secondary N) is 2. The number of hydrogen-bond acceptors (Lipinski definition) is 5. The lowest BCUT2D eigenvalue weighted by Crippen LogP contribution is -2.46. The van der Waals surface area contributed by atoms with Crippen LogP contribution in [-0.2, 0) is 14.8 Å². The van der Waals surface area contributed by atoms with Gasteiger partial charge in [0.1, 0.15) is 5.69 Å². The van der Waals surface area contributed by atoms with E-state index in [4.69, 9.17) is 4.74 Å². The van der Waals surface area contributed by atoms with Crippen molar-refractivity contribution < 1.29 is 21.9 Å². The maximum absolute atomic E-state index is 14.8. The quantitative estimate of drug-likeness (QED) is 0.648. The molecule has 2 fully saturated rings. The molecule has 1 aromatic rings. The van der Waals surface area contributed by atoms with Crippen LogP contribution in [0.1, 0.15) is 53.4 Å². The van der Waals surface area contributed by atoms with E-state index in [2.05, 4.69) is 10.0 Å². The molecule has 0 bridgehead atoms. The molecule has 0 spiro atoms. The second-order valence-electron chi connectivity index (χ2n) is 9.26. The van der Waals surface area contributed by atoms with Crippen LogP contribution in [0, 0.1) is 17.6 Å². The van der Waals surface area contributed by atoms with Gasteiger partial charge < -0.3 is 15.0 Å². The van der Waals surface area contributed by atoms with Gasteiger partial charge in [0.05, 0.1) is 17.5 Å². The fraction of sp³-hybridized carbons (Fsp3) is 0.727. The minimum atomic E-state index is -3.26. The molecule has 1 aliphatic carbocycles. The van der Waals surface area contributed by atoms with Gasteiger partial charge in [-0.3, -0.25) is 0 Å². The molecule has 6 nitrogen and oxygen atoms in total. The Kier molecular flexibility index (Phi) is 7.81. The number of halogens is 2. The summed E-state index contributed by atoms with van der Waals surface area (Å²) in [5, 5.41) is 2.72. The van der Waals surface area contributed by atoms with Crippen molar-refractivity contribution in [1.82, 2.24) is 4.72 Å². The summed E-state index contributed by atoms with van der Waals surface area (Å²) in [6.45, 7) is 8.65. The predicted molar refractivity (Wildman–Crippen MR) is 120 cm³/mol. The number of benzene rings is 1. The third-order valence-corrected chi connectivity index (χ3v) is 8.05. The van der Waals surface area contributed by atoms with Crippen LogP contribution in [0.3, 0.4) is 0 Å². The van der Waals surface area contributed by atoms with Gasteiger partial charge in [-0.1, -0.05) is 0 Å². The van der Waals surface area contributed by atoms with Gasteiger partial charge in [0.15, 0.2) is 11.6 Å². The van der Waals surface area contributed by atoms with E-state index in [9.17, 15) is 17.2 Å². The molecule has 1 saturated heterocycles. The van der Waals surface area contributed by atoms with Gasteiger partial charge >= 0.3 is 0 Å². The maximum Gasteiger partial charge on any atom is 0.214 e. The number of sulfonamides is 1. The van der Waals surface area contributed by atoms with E-state index in [-0.39, 0.29) is 23.9 Å². The van der Waals surface area contributed by atoms with Crippen LogP contribution in [0.15, 0.2) is 12.1 Å². The van der Waals surface area contributed by atoms with Gasteiger partial charge in [-0.05, 0) is 71.4 Å². The Morgan fingerprint density at radius 3 is 2.13 bits per heavy atom. The Balaban J connectivity index is 1.54. The molecule has 0 unspecified atom stereocenters. The van der Waals surface area contributed by atoms with Crippen molar-refractivity contribution in [2.24, 2.45) is 5.92 Å². The minimum absolute atomic E-state index is 0.00509. The zero-order valence-corrected chi connectivity index (χ0v) is 19.6. The zero-order valence-electron chi connectivity index (χ0n) is 18.8. The summed E-state index contributed by atoms with van der Waals surface area (Å²) in [7, 11) is -3.26. The highest BCUT2D eigenvalue weighted by atomic mass is 32.2. The molecule has 2 N–H and O–H groups in total. The second-order valence-corrected chi connectivity index (χ2v) is 11.5. The van der Waals surface area contributed by atoms with E-state index in [1.807, 2.05) is 13.8 Å². The standard InChI is InChI=1S/C22H35F2N3O3S/c1-14(2)31(28,29)26-18-7-5-17(6-8-18)11-25-19-9-20(23)22(21(24)10-19)27-12-15(3)30-16(4)13-27/h9-10,14-18,25-26H,5-8,11-13H2,1-4H3/t15-,16+,17-,18-. The molecule has 1 aromatic carbocycles. The first-order valence-corrected chi connectivity index (χ1v) is 12.7. The van der Waals surface area contributed by atoms with Gasteiger partial charge in [0, 0.05) is 31.4 Å². The average Bonchev–Trinajstić information content (AvgIpc) is 2.66. The highest BCUT2D eigenvalue weighted by Gasteiger charge is 2.28. The van der Waals surface area contributed by atoms with Crippen LogP contribution in [0.4, 0.5) is 20.2 Å². The highest BCUT2D eigenvalue weighted by molar-refractivity contribution is 7.90. The summed E-state index contributed by atoms with van der Waals surface area (Å²) in [6.07, 6.45) is 3.11. The molecule has 0 aromatic heterocycles. The number of hydrogen-bond donors (Lipinski definition) is 2. The number of nitrogens with zero attached hydrogens (tertiary/aromatic N) is 1. The first kappa shape index (κ1) is 24.2. The molecule has 31 heavy (non-hydrogen) atoms. The third kappa shape index (κ3) is 6.29. The molecule has 2 atom stereocenters. The van der Waals surface area contributed by atoms with Gasteiger partial charge in [0.25, 0.3) is 0 Å². The van der Waals surface area contributed by atoms with E-state index in [1.54, 1.807) is 18.7 Å². The van der Waals surface area contributed by atoms with Crippen LogP contribution < -0.4 is 14.9 Å². The summed E-state index contributed by atoms with van der Waals surface area (Å²) < 4.78 is 62.0. The van der Waals surface area contributed by atoms with E-state index in [1.165, 1.54) is 12.1 Å². The number of rotatable bonds is 7. The molecule has 0 amide bonds. The van der Waals surface area contributed by atoms with Crippen molar-refractivity contribution in [3.8, 4) is 0 Å². The molecule has 176 valence electrons. The first-order valence-electron chi connectivity index (χ1n) is 11.2. The molecule has 3 rings (SSSR count). The minimum Gasteiger partial charge on any atom is -0.385 e. The van der Waals surface area contributed by atoms with Crippen molar-refractivity contribution in [2.75, 3.05) is 29.9 Å². The van der Waals surface area contributed by atoms with Gasteiger partial charge in [-0.15, -0.1) is 0 Å². The second kappa shape index (κ2) is 10.0. The van der Waals surface area contributed by atoms with E-state index in [0.717, 1.165) is 25.7 Å². The topological polar surface area (TPSA) is 70.7 Å². The molecule has 1 heterocycles. The Labute approximate surface area is 184 Å². The average molecular weight is 460 g/mol. The fourth-order valence-electron chi connectivity index (χ4n) is 4.45. The largest absolute Gasteiger partial charge is 0.385 e. The summed E-state index contributed by atoms with van der Waals surface area (Å²) in [4.78, 5) is 1.72. The number of ether oxygens (including phenoxy) is 1. The molecule has 1 aliphatic heterocycles. The van der Waals surface area contributed by atoms with Crippen molar-refractivity contribution in [1.29, 1.82) is 0 Å². The van der Waals surface area contributed by atoms with Crippen LogP contribution in [0.5, 0.6) is 0 Å². The lowest BCUT2D eigenvalue weighted by molar-refractivity contribution is -0.00557. The van der Waals surface area contributed by atoms with Crippen molar-refractivity contribution in [2.45, 2.75) is 76.9 Å². The maximum atomic E-state index is 14.8. The normalized spacial score (nSPS) is 27.5. The van der Waals surface area contributed by atoms with Crippen LogP contribution in [-0.4, -0.2) is 51.6 Å². The van der Waals surface area contributed by atoms with E-state index in [0.29, 0.717) is 31.2 Å². The first-order chi connectivity index (χ1) is 14.5. The Hall–Kier alpha value is -1.45. The SMILES string of the molecule is CC(C)S(=O)(=O)N[C@H]1CC[C@H](CNc2cc(F)c(N3C[C@@H](C)O[C@@H](C)C3)c(F)c2)CC1. The zero-order chi connectivity index (χ0) is 22.8. The summed E-state index contributed by atoms with van der Waals surface area (Å²) >= 11 is 0. The lowest BCUT2D eigenvalue weighted by Gasteiger charge is -2.37. The molecule has 1 saturated carbocycles. The van der Waals surface area contributed by atoms with Crippen LogP contribution in [0.25, 0.3) is 0 Å². The number of anilines is 2. The Morgan fingerprint density at radius 2 is 1.61 bits per heavy atom. The molecule has 0 radical (unpaired) electrons. The summed E-state index contributed by atoms with van der Waals surface area (Å²) in [5.41, 5.74) is 0.432. The van der Waals surface area contributed by atoms with Crippen molar-refractivity contribution in [3.63, 3.8) is 0 Å². The highest BCUT2D eigenvalue weighted by Crippen LogP contribution is 2.31. The van der Waals surface area contributed by atoms with E-state index >= 15 is 0 Å². The molecular weight excluding hydrogens is 424 g/mol. The van der Waals surface area contributed by atoms with E-state index < -0.39 is 26.9 Å². The van der Waals surface area contributed by atoms with Gasteiger partial charge in [-0.25, -0.2) is 21.9 Å². The smallest absolute Gasteiger partial charge is 0.214 e. The number of morpholine rings is 1. The lowest BCUT2D eigenvalue weighted by atomic mass is 9.86. The molecule has 2 aliphatic rings. The van der Waals surface area contributed by atoms with Crippen molar-refractivity contribution in [3.05, 3.63) is 23.8 Å². The van der Waals surface area contributed by atoms with Crippen molar-refractivity contribution >= 4 is 21.4 Å². The monoisotopic (exact) mass is 459 g/mol. The predicted octanol–water partition coefficient (Wildman–Crippen LogP) is 3.88. The van der Waals surface area contributed by atoms with Crippen LogP contribution >= 0.6 is 0 Å². The fourth-order valence-corrected chi connectivity index (χ4v) is 5.42. The summed E-state index contributed by atoms with van der Waals surface area (Å²) in [5.74, 6) is -0.808.